The largest absolute Gasteiger partial charge is 0.489 e. The van der Waals surface area contributed by atoms with Crippen molar-refractivity contribution in [3.63, 3.8) is 0 Å². The van der Waals surface area contributed by atoms with Crippen LogP contribution in [0.3, 0.4) is 0 Å². The zero-order chi connectivity index (χ0) is 11.5. The van der Waals surface area contributed by atoms with Gasteiger partial charge in [0.15, 0.2) is 0 Å². The number of hydrogen-bond acceptors (Lipinski definition) is 3. The number of aromatic nitrogens is 1. The third-order valence-electron chi connectivity index (χ3n) is 3.04. The van der Waals surface area contributed by atoms with E-state index in [0.717, 1.165) is 36.1 Å². The molecular formula is C14H15NO2. The summed E-state index contributed by atoms with van der Waals surface area (Å²) in [5.41, 5.74) is 0.924. The maximum atomic E-state index is 5.82. The number of nitrogens with zero attached hydrogens (tertiary/aromatic N) is 1. The topological polar surface area (TPSA) is 31.4 Å². The van der Waals surface area contributed by atoms with Crippen molar-refractivity contribution in [1.82, 2.24) is 4.98 Å². The van der Waals surface area contributed by atoms with Gasteiger partial charge in [0.25, 0.3) is 0 Å². The number of hydrogen-bond donors (Lipinski definition) is 0. The molecule has 0 N–H and O–H groups in total. The maximum Gasteiger partial charge on any atom is 0.145 e. The summed E-state index contributed by atoms with van der Waals surface area (Å²) in [6, 6.07) is 9.98. The summed E-state index contributed by atoms with van der Waals surface area (Å²) in [6.45, 7) is 1.48. The number of benzene rings is 1. The van der Waals surface area contributed by atoms with Crippen LogP contribution in [-0.4, -0.2) is 24.3 Å². The first-order chi connectivity index (χ1) is 8.43. The fraction of sp³-hybridized carbons (Fsp3) is 0.357. The summed E-state index contributed by atoms with van der Waals surface area (Å²) in [6.07, 6.45) is 4.27. The Hall–Kier alpha value is -1.61. The number of para-hydroxylation sites is 1. The zero-order valence-corrected chi connectivity index (χ0v) is 9.63. The van der Waals surface area contributed by atoms with Crippen LogP contribution in [0.2, 0.25) is 0 Å². The van der Waals surface area contributed by atoms with Crippen LogP contribution in [0.4, 0.5) is 0 Å². The molecule has 0 spiro atoms. The molecule has 1 fully saturated rings. The van der Waals surface area contributed by atoms with Crippen LogP contribution < -0.4 is 4.74 Å². The summed E-state index contributed by atoms with van der Waals surface area (Å²) in [4.78, 5) is 4.36. The normalized spacial score (nSPS) is 19.6. The van der Waals surface area contributed by atoms with E-state index in [9.17, 15) is 0 Å². The van der Waals surface area contributed by atoms with Crippen molar-refractivity contribution < 1.29 is 9.47 Å². The molecule has 3 rings (SSSR count). The molecule has 1 unspecified atom stereocenters. The molecule has 0 radical (unpaired) electrons. The first-order valence-corrected chi connectivity index (χ1v) is 6.01. The maximum absolute atomic E-state index is 5.82. The van der Waals surface area contributed by atoms with E-state index >= 15 is 0 Å². The molecule has 2 heterocycles. The van der Waals surface area contributed by atoms with E-state index in [1.54, 1.807) is 6.20 Å². The zero-order valence-electron chi connectivity index (χ0n) is 9.63. The Morgan fingerprint density at radius 2 is 2.24 bits per heavy atom. The Kier molecular flexibility index (Phi) is 2.92. The summed E-state index contributed by atoms with van der Waals surface area (Å²) in [5.74, 6) is 0.846. The van der Waals surface area contributed by atoms with Gasteiger partial charge in [-0.05, 0) is 25.0 Å². The molecule has 3 heteroatoms. The van der Waals surface area contributed by atoms with Gasteiger partial charge in [0.2, 0.25) is 0 Å². The lowest BCUT2D eigenvalue weighted by atomic mass is 10.2. The van der Waals surface area contributed by atoms with Crippen LogP contribution in [0.25, 0.3) is 10.9 Å². The molecule has 1 atom stereocenters. The van der Waals surface area contributed by atoms with Crippen molar-refractivity contribution in [2.45, 2.75) is 18.9 Å². The van der Waals surface area contributed by atoms with Crippen molar-refractivity contribution >= 4 is 10.9 Å². The highest BCUT2D eigenvalue weighted by atomic mass is 16.5. The summed E-state index contributed by atoms with van der Waals surface area (Å²) in [5, 5.41) is 1.11. The quantitative estimate of drug-likeness (QED) is 0.811. The van der Waals surface area contributed by atoms with Crippen molar-refractivity contribution in [2.75, 3.05) is 13.2 Å². The van der Waals surface area contributed by atoms with Gasteiger partial charge in [0.05, 0.1) is 6.10 Å². The van der Waals surface area contributed by atoms with E-state index in [-0.39, 0.29) is 6.10 Å². The molecule has 0 amide bonds. The lowest BCUT2D eigenvalue weighted by molar-refractivity contribution is 0.0684. The average molecular weight is 229 g/mol. The molecule has 3 nitrogen and oxygen atoms in total. The van der Waals surface area contributed by atoms with Crippen LogP contribution in [-0.2, 0) is 4.74 Å². The van der Waals surface area contributed by atoms with Crippen LogP contribution >= 0.6 is 0 Å². The highest BCUT2D eigenvalue weighted by Crippen LogP contribution is 2.24. The number of rotatable bonds is 3. The second-order valence-electron chi connectivity index (χ2n) is 4.28. The predicted octanol–water partition coefficient (Wildman–Crippen LogP) is 2.79. The van der Waals surface area contributed by atoms with Gasteiger partial charge in [0.1, 0.15) is 17.9 Å². The Morgan fingerprint density at radius 3 is 3.12 bits per heavy atom. The van der Waals surface area contributed by atoms with Crippen molar-refractivity contribution in [2.24, 2.45) is 0 Å². The lowest BCUT2D eigenvalue weighted by Gasteiger charge is -2.12. The minimum absolute atomic E-state index is 0.244. The first-order valence-electron chi connectivity index (χ1n) is 6.01. The molecule has 1 saturated heterocycles. The molecule has 1 aromatic heterocycles. The Morgan fingerprint density at radius 1 is 1.29 bits per heavy atom. The van der Waals surface area contributed by atoms with Crippen LogP contribution in [0.15, 0.2) is 36.5 Å². The van der Waals surface area contributed by atoms with Gasteiger partial charge in [-0.3, -0.25) is 4.98 Å². The third kappa shape index (κ3) is 2.24. The van der Waals surface area contributed by atoms with Gasteiger partial charge in [-0.25, -0.2) is 0 Å². The predicted molar refractivity (Wildman–Crippen MR) is 66.2 cm³/mol. The highest BCUT2D eigenvalue weighted by Gasteiger charge is 2.16. The first kappa shape index (κ1) is 10.5. The Balaban J connectivity index is 1.79. The minimum atomic E-state index is 0.244. The summed E-state index contributed by atoms with van der Waals surface area (Å²) < 4.78 is 11.4. The van der Waals surface area contributed by atoms with Crippen LogP contribution in [0.1, 0.15) is 12.8 Å². The summed E-state index contributed by atoms with van der Waals surface area (Å²) in [7, 11) is 0. The molecule has 0 aliphatic carbocycles. The summed E-state index contributed by atoms with van der Waals surface area (Å²) >= 11 is 0. The standard InChI is InChI=1S/C14H15NO2/c1-4-11-5-2-8-15-14(11)13(7-1)17-10-12-6-3-9-16-12/h1-2,4-5,7-8,12H,3,6,9-10H2. The molecular weight excluding hydrogens is 214 g/mol. The monoisotopic (exact) mass is 229 g/mol. The highest BCUT2D eigenvalue weighted by molar-refractivity contribution is 5.84. The van der Waals surface area contributed by atoms with E-state index in [4.69, 9.17) is 9.47 Å². The lowest BCUT2D eigenvalue weighted by Crippen LogP contribution is -2.16. The molecule has 0 bridgehead atoms. The fourth-order valence-electron chi connectivity index (χ4n) is 2.15. The van der Waals surface area contributed by atoms with E-state index in [2.05, 4.69) is 4.98 Å². The Bertz CT molecular complexity index is 501. The van der Waals surface area contributed by atoms with Crippen molar-refractivity contribution in [3.05, 3.63) is 36.5 Å². The van der Waals surface area contributed by atoms with Crippen molar-refractivity contribution in [3.8, 4) is 5.75 Å². The minimum Gasteiger partial charge on any atom is -0.489 e. The van der Waals surface area contributed by atoms with E-state index in [0.29, 0.717) is 6.61 Å². The van der Waals surface area contributed by atoms with Crippen molar-refractivity contribution in [1.29, 1.82) is 0 Å². The van der Waals surface area contributed by atoms with Crippen LogP contribution in [0, 0.1) is 0 Å². The van der Waals surface area contributed by atoms with E-state index in [1.165, 1.54) is 0 Å². The van der Waals surface area contributed by atoms with E-state index < -0.39 is 0 Å². The number of ether oxygens (including phenoxy) is 2. The smallest absolute Gasteiger partial charge is 0.145 e. The molecule has 1 aliphatic rings. The van der Waals surface area contributed by atoms with Gasteiger partial charge in [-0.1, -0.05) is 18.2 Å². The van der Waals surface area contributed by atoms with Gasteiger partial charge in [0, 0.05) is 18.2 Å². The molecule has 1 aliphatic heterocycles. The second-order valence-corrected chi connectivity index (χ2v) is 4.28. The number of pyridine rings is 1. The van der Waals surface area contributed by atoms with Gasteiger partial charge in [-0.15, -0.1) is 0 Å². The van der Waals surface area contributed by atoms with Crippen LogP contribution in [0.5, 0.6) is 5.75 Å². The average Bonchev–Trinajstić information content (AvgIpc) is 2.89. The third-order valence-corrected chi connectivity index (χ3v) is 3.04. The van der Waals surface area contributed by atoms with Gasteiger partial charge in [-0.2, -0.15) is 0 Å². The molecule has 2 aromatic rings. The van der Waals surface area contributed by atoms with Gasteiger partial charge < -0.3 is 9.47 Å². The Labute approximate surface area is 100 Å². The molecule has 0 saturated carbocycles. The van der Waals surface area contributed by atoms with Gasteiger partial charge >= 0.3 is 0 Å². The molecule has 17 heavy (non-hydrogen) atoms. The molecule has 88 valence electrons. The SMILES string of the molecule is c1cnc2c(OCC3CCCO3)cccc2c1. The molecule has 1 aromatic carbocycles. The fourth-order valence-corrected chi connectivity index (χ4v) is 2.15. The second kappa shape index (κ2) is 4.72. The van der Waals surface area contributed by atoms with E-state index in [1.807, 2.05) is 30.3 Å². The number of fused-ring (bicyclic) bond motifs is 1.